The SMILES string of the molecule is CC(C)(N)C(=O)N[C@H](COCc1ccc(OC(F)(F)F)cc1)c1nnnn1CCOC(=O)NCCCCO. The molecule has 2 amide bonds. The van der Waals surface area contributed by atoms with E-state index in [1.54, 1.807) is 0 Å². The van der Waals surface area contributed by atoms with E-state index in [0.29, 0.717) is 24.9 Å². The van der Waals surface area contributed by atoms with Gasteiger partial charge in [-0.25, -0.2) is 9.48 Å². The van der Waals surface area contributed by atoms with Crippen LogP contribution < -0.4 is 21.1 Å². The highest BCUT2D eigenvalue weighted by atomic mass is 19.4. The summed E-state index contributed by atoms with van der Waals surface area (Å²) in [5.41, 5.74) is 5.22. The molecule has 0 aliphatic heterocycles. The summed E-state index contributed by atoms with van der Waals surface area (Å²) in [5, 5.41) is 25.5. The maximum absolute atomic E-state index is 12.5. The van der Waals surface area contributed by atoms with Crippen molar-refractivity contribution < 1.29 is 42.1 Å². The molecular formula is C22H32F3N7O6. The minimum Gasteiger partial charge on any atom is -0.448 e. The Bertz CT molecular complexity index is 1010. The molecule has 0 radical (unpaired) electrons. The number of ether oxygens (including phenoxy) is 3. The van der Waals surface area contributed by atoms with Crippen LogP contribution in [-0.2, 0) is 27.4 Å². The highest BCUT2D eigenvalue weighted by molar-refractivity contribution is 5.85. The van der Waals surface area contributed by atoms with E-state index in [9.17, 15) is 22.8 Å². The molecule has 1 aromatic heterocycles. The van der Waals surface area contributed by atoms with Crippen molar-refractivity contribution in [1.82, 2.24) is 30.8 Å². The molecule has 38 heavy (non-hydrogen) atoms. The molecule has 1 atom stereocenters. The van der Waals surface area contributed by atoms with Crippen molar-refractivity contribution in [2.24, 2.45) is 5.73 Å². The Morgan fingerprint density at radius 1 is 1.18 bits per heavy atom. The summed E-state index contributed by atoms with van der Waals surface area (Å²) < 4.78 is 53.0. The van der Waals surface area contributed by atoms with Gasteiger partial charge >= 0.3 is 12.5 Å². The molecule has 0 bridgehead atoms. The van der Waals surface area contributed by atoms with Crippen LogP contribution in [0.3, 0.4) is 0 Å². The number of aromatic nitrogens is 4. The van der Waals surface area contributed by atoms with Crippen molar-refractivity contribution in [3.8, 4) is 5.75 Å². The van der Waals surface area contributed by atoms with E-state index in [-0.39, 0.29) is 44.5 Å². The first kappa shape index (κ1) is 30.7. The molecule has 2 rings (SSSR count). The number of rotatable bonds is 15. The van der Waals surface area contributed by atoms with E-state index in [1.807, 2.05) is 0 Å². The van der Waals surface area contributed by atoms with E-state index >= 15 is 0 Å². The van der Waals surface area contributed by atoms with Crippen LogP contribution in [0.15, 0.2) is 24.3 Å². The number of carbonyl (C=O) groups excluding carboxylic acids is 2. The predicted molar refractivity (Wildman–Crippen MR) is 125 cm³/mol. The molecule has 0 aliphatic rings. The molecule has 1 heterocycles. The van der Waals surface area contributed by atoms with Gasteiger partial charge in [0.25, 0.3) is 0 Å². The predicted octanol–water partition coefficient (Wildman–Crippen LogP) is 1.18. The number of aliphatic hydroxyl groups excluding tert-OH is 1. The van der Waals surface area contributed by atoms with Gasteiger partial charge in [0.15, 0.2) is 5.82 Å². The quantitative estimate of drug-likeness (QED) is 0.237. The Hall–Kier alpha value is -3.50. The number of alkyl halides is 3. The molecule has 16 heteroatoms. The standard InChI is InChI=1S/C22H32F3N7O6/c1-21(2,26)19(34)28-17(14-36-13-15-5-7-16(8-6-15)38-22(23,24)25)18-29-30-31-32(18)10-12-37-20(35)27-9-3-4-11-33/h5-8,17,33H,3-4,9-14,26H2,1-2H3,(H,27,35)(H,28,34)/t17-/m1/s1. The van der Waals surface area contributed by atoms with Crippen LogP contribution in [-0.4, -0.2) is 75.6 Å². The van der Waals surface area contributed by atoms with Gasteiger partial charge in [0.2, 0.25) is 5.91 Å². The molecule has 0 unspecified atom stereocenters. The number of halogens is 3. The van der Waals surface area contributed by atoms with E-state index in [2.05, 4.69) is 30.9 Å². The Morgan fingerprint density at radius 2 is 1.89 bits per heavy atom. The van der Waals surface area contributed by atoms with Gasteiger partial charge < -0.3 is 35.7 Å². The van der Waals surface area contributed by atoms with Crippen LogP contribution in [0, 0.1) is 0 Å². The number of carbonyl (C=O) groups is 2. The van der Waals surface area contributed by atoms with Gasteiger partial charge in [0, 0.05) is 13.2 Å². The number of aliphatic hydroxyl groups is 1. The number of nitrogens with two attached hydrogens (primary N) is 1. The first-order chi connectivity index (χ1) is 17.9. The third-order valence-electron chi connectivity index (χ3n) is 4.86. The summed E-state index contributed by atoms with van der Waals surface area (Å²) in [7, 11) is 0. The van der Waals surface area contributed by atoms with E-state index in [4.69, 9.17) is 20.3 Å². The van der Waals surface area contributed by atoms with E-state index in [0.717, 1.165) is 12.1 Å². The lowest BCUT2D eigenvalue weighted by Gasteiger charge is -2.23. The number of tetrazole rings is 1. The van der Waals surface area contributed by atoms with Gasteiger partial charge in [-0.1, -0.05) is 12.1 Å². The van der Waals surface area contributed by atoms with Gasteiger partial charge in [-0.3, -0.25) is 4.79 Å². The first-order valence-electron chi connectivity index (χ1n) is 11.7. The summed E-state index contributed by atoms with van der Waals surface area (Å²) in [4.78, 5) is 24.3. The Labute approximate surface area is 216 Å². The maximum Gasteiger partial charge on any atom is 0.573 e. The average molecular weight is 548 g/mol. The molecule has 212 valence electrons. The summed E-state index contributed by atoms with van der Waals surface area (Å²) >= 11 is 0. The Kier molecular flexibility index (Phi) is 11.7. The second kappa shape index (κ2) is 14.4. The Balaban J connectivity index is 1.98. The van der Waals surface area contributed by atoms with E-state index < -0.39 is 29.9 Å². The largest absolute Gasteiger partial charge is 0.573 e. The van der Waals surface area contributed by atoms with Crippen molar-refractivity contribution in [1.29, 1.82) is 0 Å². The lowest BCUT2D eigenvalue weighted by Crippen LogP contribution is -2.51. The number of hydrogen-bond donors (Lipinski definition) is 4. The zero-order valence-electron chi connectivity index (χ0n) is 21.0. The molecule has 0 spiro atoms. The van der Waals surface area contributed by atoms with Crippen LogP contribution in [0.2, 0.25) is 0 Å². The monoisotopic (exact) mass is 547 g/mol. The second-order valence-electron chi connectivity index (χ2n) is 8.71. The molecule has 0 saturated carbocycles. The number of hydrogen-bond acceptors (Lipinski definition) is 10. The third kappa shape index (κ3) is 11.3. The number of nitrogens with one attached hydrogen (secondary N) is 2. The van der Waals surface area contributed by atoms with Crippen LogP contribution in [0.4, 0.5) is 18.0 Å². The minimum absolute atomic E-state index is 0.00577. The minimum atomic E-state index is -4.79. The fourth-order valence-electron chi connectivity index (χ4n) is 2.93. The zero-order valence-corrected chi connectivity index (χ0v) is 21.0. The molecule has 2 aromatic rings. The number of unbranched alkanes of at least 4 members (excludes halogenated alkanes) is 1. The average Bonchev–Trinajstić information content (AvgIpc) is 3.29. The fourth-order valence-corrected chi connectivity index (χ4v) is 2.93. The van der Waals surface area contributed by atoms with E-state index in [1.165, 1.54) is 30.7 Å². The molecule has 0 aliphatic carbocycles. The van der Waals surface area contributed by atoms with Crippen LogP contribution in [0.5, 0.6) is 5.75 Å². The number of alkyl carbamates (subject to hydrolysis) is 1. The van der Waals surface area contributed by atoms with Crippen molar-refractivity contribution in [3.63, 3.8) is 0 Å². The summed E-state index contributed by atoms with van der Waals surface area (Å²) in [6.07, 6.45) is -4.27. The smallest absolute Gasteiger partial charge is 0.448 e. The van der Waals surface area contributed by atoms with Crippen LogP contribution in [0.1, 0.15) is 44.1 Å². The lowest BCUT2D eigenvalue weighted by atomic mass is 10.1. The normalized spacial score (nSPS) is 12.6. The first-order valence-corrected chi connectivity index (χ1v) is 11.7. The van der Waals surface area contributed by atoms with Gasteiger partial charge in [0.1, 0.15) is 18.4 Å². The van der Waals surface area contributed by atoms with Crippen LogP contribution in [0.25, 0.3) is 0 Å². The summed E-state index contributed by atoms with van der Waals surface area (Å²) in [5.74, 6) is -0.659. The summed E-state index contributed by atoms with van der Waals surface area (Å²) in [6.45, 7) is 3.33. The van der Waals surface area contributed by atoms with Crippen molar-refractivity contribution >= 4 is 12.0 Å². The van der Waals surface area contributed by atoms with Gasteiger partial charge in [-0.15, -0.1) is 18.3 Å². The Morgan fingerprint density at radius 3 is 2.53 bits per heavy atom. The molecule has 0 fully saturated rings. The third-order valence-corrected chi connectivity index (χ3v) is 4.86. The number of amides is 2. The van der Waals surface area contributed by atoms with Crippen molar-refractivity contribution in [2.75, 3.05) is 26.4 Å². The molecular weight excluding hydrogens is 515 g/mol. The summed E-state index contributed by atoms with van der Waals surface area (Å²) in [6, 6.07) is 4.29. The number of nitrogens with zero attached hydrogens (tertiary/aromatic N) is 4. The van der Waals surface area contributed by atoms with Crippen molar-refractivity contribution in [3.05, 3.63) is 35.7 Å². The lowest BCUT2D eigenvalue weighted by molar-refractivity contribution is -0.274. The van der Waals surface area contributed by atoms with Gasteiger partial charge in [-0.2, -0.15) is 0 Å². The topological polar surface area (TPSA) is 176 Å². The highest BCUT2D eigenvalue weighted by Gasteiger charge is 2.31. The van der Waals surface area contributed by atoms with Crippen LogP contribution >= 0.6 is 0 Å². The molecule has 5 N–H and O–H groups in total. The fraction of sp³-hybridized carbons (Fsp3) is 0.591. The van der Waals surface area contributed by atoms with Gasteiger partial charge in [-0.05, 0) is 54.8 Å². The maximum atomic E-state index is 12.5. The molecule has 1 aromatic carbocycles. The number of benzene rings is 1. The van der Waals surface area contributed by atoms with Gasteiger partial charge in [0.05, 0.1) is 25.3 Å². The zero-order chi connectivity index (χ0) is 28.2. The molecule has 0 saturated heterocycles. The second-order valence-corrected chi connectivity index (χ2v) is 8.71. The highest BCUT2D eigenvalue weighted by Crippen LogP contribution is 2.23. The van der Waals surface area contributed by atoms with Crippen molar-refractivity contribution in [2.45, 2.75) is 57.8 Å². The molecule has 13 nitrogen and oxygen atoms in total.